The zero-order chi connectivity index (χ0) is 17.4. The van der Waals surface area contributed by atoms with Crippen LogP contribution >= 0.6 is 0 Å². The number of aromatic nitrogens is 1. The fraction of sp³-hybridized carbons (Fsp3) is 0.533. The highest BCUT2D eigenvalue weighted by atomic mass is 19.4. The van der Waals surface area contributed by atoms with Crippen molar-refractivity contribution < 1.29 is 27.9 Å². The number of hydrogen-bond donors (Lipinski definition) is 1. The van der Waals surface area contributed by atoms with Crippen LogP contribution in [0.5, 0.6) is 0 Å². The van der Waals surface area contributed by atoms with Gasteiger partial charge in [0.05, 0.1) is 17.2 Å². The topological polar surface area (TPSA) is 70.5 Å². The highest BCUT2D eigenvalue weighted by Crippen LogP contribution is 2.31. The number of rotatable bonds is 5. The van der Waals surface area contributed by atoms with Crippen molar-refractivity contribution in [3.8, 4) is 0 Å². The molecule has 1 aliphatic rings. The van der Waals surface area contributed by atoms with E-state index in [9.17, 15) is 22.8 Å². The van der Waals surface area contributed by atoms with Crippen LogP contribution < -0.4 is 0 Å². The summed E-state index contributed by atoms with van der Waals surface area (Å²) >= 11 is 0. The summed E-state index contributed by atoms with van der Waals surface area (Å²) < 4.78 is 37.9. The number of alkyl halides is 3. The Bertz CT molecular complexity index is 627. The summed E-state index contributed by atoms with van der Waals surface area (Å²) in [7, 11) is 0. The monoisotopic (exact) mass is 330 g/mol. The smallest absolute Gasteiger partial charge is 0.433 e. The third-order valence-corrected chi connectivity index (χ3v) is 3.75. The van der Waals surface area contributed by atoms with Gasteiger partial charge in [0.25, 0.3) is 5.91 Å². The first-order valence-corrected chi connectivity index (χ1v) is 7.20. The lowest BCUT2D eigenvalue weighted by Crippen LogP contribution is -2.39. The first-order chi connectivity index (χ1) is 10.6. The number of carbonyl (C=O) groups is 2. The van der Waals surface area contributed by atoms with Crippen LogP contribution in [0.2, 0.25) is 0 Å². The summed E-state index contributed by atoms with van der Waals surface area (Å²) in [5, 5.41) is 8.99. The van der Waals surface area contributed by atoms with E-state index in [4.69, 9.17) is 5.11 Å². The number of halogens is 3. The summed E-state index contributed by atoms with van der Waals surface area (Å²) in [6.07, 6.45) is -3.03. The molecule has 1 fully saturated rings. The van der Waals surface area contributed by atoms with Gasteiger partial charge < -0.3 is 10.0 Å². The summed E-state index contributed by atoms with van der Waals surface area (Å²) in [5.41, 5.74) is -0.996. The largest absolute Gasteiger partial charge is 0.481 e. The lowest BCUT2D eigenvalue weighted by atomic mass is 10.1. The van der Waals surface area contributed by atoms with Crippen molar-refractivity contribution in [3.05, 3.63) is 29.1 Å². The first kappa shape index (κ1) is 17.2. The average Bonchev–Trinajstić information content (AvgIpc) is 3.27. The van der Waals surface area contributed by atoms with E-state index in [1.165, 1.54) is 18.7 Å². The van der Waals surface area contributed by atoms with Gasteiger partial charge in [-0.05, 0) is 31.9 Å². The minimum Gasteiger partial charge on any atom is -0.481 e. The highest BCUT2D eigenvalue weighted by molar-refractivity contribution is 5.95. The summed E-state index contributed by atoms with van der Waals surface area (Å²) in [4.78, 5) is 28.4. The molecule has 0 saturated heterocycles. The van der Waals surface area contributed by atoms with Crippen molar-refractivity contribution in [1.82, 2.24) is 9.88 Å². The van der Waals surface area contributed by atoms with Gasteiger partial charge in [0.2, 0.25) is 0 Å². The second-order valence-electron chi connectivity index (χ2n) is 5.76. The quantitative estimate of drug-likeness (QED) is 0.901. The van der Waals surface area contributed by atoms with Gasteiger partial charge in [0.1, 0.15) is 5.69 Å². The predicted molar refractivity (Wildman–Crippen MR) is 74.8 cm³/mol. The van der Waals surface area contributed by atoms with Gasteiger partial charge in [-0.15, -0.1) is 0 Å². The Balaban J connectivity index is 2.25. The van der Waals surface area contributed by atoms with Crippen molar-refractivity contribution in [3.63, 3.8) is 0 Å². The van der Waals surface area contributed by atoms with E-state index >= 15 is 0 Å². The van der Waals surface area contributed by atoms with Crippen LogP contribution in [0.3, 0.4) is 0 Å². The van der Waals surface area contributed by atoms with E-state index in [0.29, 0.717) is 0 Å². The van der Waals surface area contributed by atoms with Crippen molar-refractivity contribution in [1.29, 1.82) is 0 Å². The number of aryl methyl sites for hydroxylation is 1. The number of carboxylic acid groups (broad SMARTS) is 1. The number of aliphatic carboxylic acids is 1. The molecule has 1 atom stereocenters. The lowest BCUT2D eigenvalue weighted by molar-refractivity contribution is -0.142. The molecule has 5 nitrogen and oxygen atoms in total. The Morgan fingerprint density at radius 1 is 1.39 bits per heavy atom. The maximum Gasteiger partial charge on any atom is 0.433 e. The van der Waals surface area contributed by atoms with E-state index in [1.54, 1.807) is 0 Å². The van der Waals surface area contributed by atoms with Crippen LogP contribution in [-0.4, -0.2) is 39.5 Å². The number of carbonyl (C=O) groups excluding carboxylic acids is 1. The second kappa shape index (κ2) is 6.17. The van der Waals surface area contributed by atoms with E-state index in [1.807, 2.05) is 0 Å². The maximum absolute atomic E-state index is 12.6. The molecule has 0 unspecified atom stereocenters. The third kappa shape index (κ3) is 4.00. The Morgan fingerprint density at radius 2 is 2.00 bits per heavy atom. The van der Waals surface area contributed by atoms with Gasteiger partial charge in [-0.3, -0.25) is 9.59 Å². The highest BCUT2D eigenvalue weighted by Gasteiger charge is 2.37. The molecule has 1 aromatic rings. The Labute approximate surface area is 131 Å². The molecular formula is C15H17F3N2O3. The van der Waals surface area contributed by atoms with Crippen LogP contribution in [0.4, 0.5) is 13.2 Å². The second-order valence-corrected chi connectivity index (χ2v) is 5.76. The molecular weight excluding hydrogens is 313 g/mol. The van der Waals surface area contributed by atoms with Crippen LogP contribution in [0.1, 0.15) is 41.5 Å². The molecule has 23 heavy (non-hydrogen) atoms. The van der Waals surface area contributed by atoms with E-state index in [-0.39, 0.29) is 23.8 Å². The molecule has 2 rings (SSSR count). The van der Waals surface area contributed by atoms with Gasteiger partial charge in [0.15, 0.2) is 0 Å². The van der Waals surface area contributed by atoms with Crippen LogP contribution in [0, 0.1) is 12.8 Å². The molecule has 1 aliphatic carbocycles. The summed E-state index contributed by atoms with van der Waals surface area (Å²) in [5.74, 6) is -2.24. The average molecular weight is 330 g/mol. The minimum absolute atomic E-state index is 0.0153. The van der Waals surface area contributed by atoms with E-state index in [0.717, 1.165) is 25.0 Å². The summed E-state index contributed by atoms with van der Waals surface area (Å²) in [6, 6.07) is 1.83. The number of nitrogens with zero attached hydrogens (tertiary/aromatic N) is 2. The molecule has 126 valence electrons. The van der Waals surface area contributed by atoms with Crippen LogP contribution in [-0.2, 0) is 11.0 Å². The van der Waals surface area contributed by atoms with Gasteiger partial charge in [-0.25, -0.2) is 4.98 Å². The molecule has 0 bridgehead atoms. The Hall–Kier alpha value is -2.12. The maximum atomic E-state index is 12.6. The molecule has 1 amide bonds. The van der Waals surface area contributed by atoms with Gasteiger partial charge in [0, 0.05) is 12.6 Å². The lowest BCUT2D eigenvalue weighted by Gasteiger charge is -2.25. The zero-order valence-electron chi connectivity index (χ0n) is 12.7. The number of amides is 1. The SMILES string of the molecule is Cc1nc(C(F)(F)F)ccc1C(=O)N(C[C@@H](C)C(=O)O)C1CC1. The number of hydrogen-bond acceptors (Lipinski definition) is 3. The van der Waals surface area contributed by atoms with E-state index in [2.05, 4.69) is 4.98 Å². The van der Waals surface area contributed by atoms with Crippen molar-refractivity contribution in [2.24, 2.45) is 5.92 Å². The normalized spacial score (nSPS) is 16.0. The van der Waals surface area contributed by atoms with Gasteiger partial charge >= 0.3 is 12.1 Å². The third-order valence-electron chi connectivity index (χ3n) is 3.75. The number of pyridine rings is 1. The first-order valence-electron chi connectivity index (χ1n) is 7.20. The molecule has 8 heteroatoms. The fourth-order valence-electron chi connectivity index (χ4n) is 2.26. The standard InChI is InChI=1S/C15H17F3N2O3/c1-8(14(22)23)7-20(10-3-4-10)13(21)11-5-6-12(15(16,17)18)19-9(11)2/h5-6,8,10H,3-4,7H2,1-2H3,(H,22,23)/t8-/m1/s1. The van der Waals surface area contributed by atoms with Crippen LogP contribution in [0.25, 0.3) is 0 Å². The minimum atomic E-state index is -4.57. The predicted octanol–water partition coefficient (Wildman–Crippen LogP) is 2.73. The summed E-state index contributed by atoms with van der Waals surface area (Å²) in [6.45, 7) is 2.86. The molecule has 0 aliphatic heterocycles. The van der Waals surface area contributed by atoms with Crippen LogP contribution in [0.15, 0.2) is 12.1 Å². The molecule has 0 aromatic carbocycles. The van der Waals surface area contributed by atoms with Crippen molar-refractivity contribution in [2.75, 3.05) is 6.54 Å². The number of carboxylic acids is 1. The van der Waals surface area contributed by atoms with Gasteiger partial charge in [-0.1, -0.05) is 6.92 Å². The molecule has 0 spiro atoms. The Morgan fingerprint density at radius 3 is 2.43 bits per heavy atom. The molecule has 1 N–H and O–H groups in total. The Kier molecular flexibility index (Phi) is 4.63. The van der Waals surface area contributed by atoms with Crippen molar-refractivity contribution in [2.45, 2.75) is 38.9 Å². The van der Waals surface area contributed by atoms with Crippen molar-refractivity contribution >= 4 is 11.9 Å². The molecule has 1 aromatic heterocycles. The van der Waals surface area contributed by atoms with E-state index < -0.39 is 29.7 Å². The zero-order valence-corrected chi connectivity index (χ0v) is 12.7. The fourth-order valence-corrected chi connectivity index (χ4v) is 2.26. The molecule has 0 radical (unpaired) electrons. The molecule has 1 saturated carbocycles. The van der Waals surface area contributed by atoms with Gasteiger partial charge in [-0.2, -0.15) is 13.2 Å². The molecule has 1 heterocycles.